The zero-order valence-electron chi connectivity index (χ0n) is 14.5. The lowest BCUT2D eigenvalue weighted by atomic mass is 9.89. The molecule has 0 aliphatic heterocycles. The van der Waals surface area contributed by atoms with E-state index in [2.05, 4.69) is 5.32 Å². The van der Waals surface area contributed by atoms with Gasteiger partial charge in [-0.15, -0.1) is 0 Å². The van der Waals surface area contributed by atoms with E-state index in [9.17, 15) is 9.59 Å². The number of amides is 1. The number of nitrogens with one attached hydrogen (secondary N) is 1. The summed E-state index contributed by atoms with van der Waals surface area (Å²) in [4.78, 5) is 31.8. The molecule has 1 saturated carbocycles. The number of aliphatic carboxylic acids is 1. The van der Waals surface area contributed by atoms with Gasteiger partial charge in [0.05, 0.1) is 5.41 Å². The Hall–Kier alpha value is -1.79. The van der Waals surface area contributed by atoms with E-state index in [1.54, 1.807) is 20.8 Å². The van der Waals surface area contributed by atoms with Crippen LogP contribution in [0.1, 0.15) is 59.8 Å². The van der Waals surface area contributed by atoms with Gasteiger partial charge in [0.25, 0.3) is 5.97 Å². The number of carbonyl (C=O) groups is 3. The van der Waals surface area contributed by atoms with Gasteiger partial charge >= 0.3 is 12.1 Å². The van der Waals surface area contributed by atoms with E-state index in [0.717, 1.165) is 6.92 Å². The Morgan fingerprint density at radius 3 is 2.09 bits per heavy atom. The summed E-state index contributed by atoms with van der Waals surface area (Å²) in [6.45, 7) is 6.65. The lowest BCUT2D eigenvalue weighted by molar-refractivity contribution is -0.161. The minimum absolute atomic E-state index is 0.327. The molecule has 0 aromatic heterocycles. The van der Waals surface area contributed by atoms with Crippen LogP contribution in [0.25, 0.3) is 0 Å². The molecule has 1 rings (SSSR count). The number of ether oxygens (including phenoxy) is 2. The molecule has 1 aliphatic carbocycles. The van der Waals surface area contributed by atoms with Gasteiger partial charge in [0, 0.05) is 13.5 Å². The maximum absolute atomic E-state index is 11.4. The van der Waals surface area contributed by atoms with E-state index in [1.807, 2.05) is 0 Å². The maximum Gasteiger partial charge on any atom is 0.410 e. The molecule has 0 unspecified atom stereocenters. The van der Waals surface area contributed by atoms with E-state index in [1.165, 1.54) is 32.1 Å². The van der Waals surface area contributed by atoms with Crippen molar-refractivity contribution >= 4 is 18.0 Å². The van der Waals surface area contributed by atoms with Gasteiger partial charge in [-0.05, 0) is 39.5 Å². The monoisotopic (exact) mass is 331 g/mol. The average molecular weight is 331 g/mol. The molecule has 2 N–H and O–H groups in total. The second kappa shape index (κ2) is 10.9. The lowest BCUT2D eigenvalue weighted by Gasteiger charge is -2.21. The maximum atomic E-state index is 11.4. The Balaban J connectivity index is 0.00000108. The van der Waals surface area contributed by atoms with Gasteiger partial charge in [0.15, 0.2) is 0 Å². The molecule has 1 aliphatic rings. The molecule has 0 bridgehead atoms. The molecule has 1 amide bonds. The van der Waals surface area contributed by atoms with E-state index in [-0.39, 0.29) is 12.8 Å². The molecule has 0 aromatic carbocycles. The third-order valence-corrected chi connectivity index (χ3v) is 3.25. The molecule has 0 spiro atoms. The summed E-state index contributed by atoms with van der Waals surface area (Å²) < 4.78 is 9.65. The Kier molecular flexibility index (Phi) is 10.0. The largest absolute Gasteiger partial charge is 0.481 e. The van der Waals surface area contributed by atoms with Gasteiger partial charge in [0.2, 0.25) is 6.79 Å². The Labute approximate surface area is 137 Å². The van der Waals surface area contributed by atoms with Crippen molar-refractivity contribution in [3.8, 4) is 0 Å². The first-order chi connectivity index (χ1) is 10.6. The highest BCUT2D eigenvalue weighted by Gasteiger charge is 2.23. The Bertz CT molecular complexity index is 379. The number of hydrogen-bond acceptors (Lipinski definition) is 5. The number of carbonyl (C=O) groups excluding carboxylic acids is 2. The predicted molar refractivity (Wildman–Crippen MR) is 84.8 cm³/mol. The molecule has 7 nitrogen and oxygen atoms in total. The molecule has 0 radical (unpaired) electrons. The second-order valence-corrected chi connectivity index (χ2v) is 6.64. The number of rotatable bonds is 4. The summed E-state index contributed by atoms with van der Waals surface area (Å²) in [7, 11) is 0. The van der Waals surface area contributed by atoms with Crippen LogP contribution in [0.2, 0.25) is 0 Å². The van der Waals surface area contributed by atoms with Crippen molar-refractivity contribution in [2.24, 2.45) is 11.3 Å². The predicted octanol–water partition coefficient (Wildman–Crippen LogP) is 2.93. The topological polar surface area (TPSA) is 102 Å². The minimum atomic E-state index is -0.833. The van der Waals surface area contributed by atoms with Crippen LogP contribution in [0, 0.1) is 11.3 Å². The molecule has 23 heavy (non-hydrogen) atoms. The fourth-order valence-corrected chi connectivity index (χ4v) is 2.02. The fraction of sp³-hybridized carbons (Fsp3) is 0.812. The smallest absolute Gasteiger partial charge is 0.410 e. The summed E-state index contributed by atoms with van der Waals surface area (Å²) >= 11 is 0. The first kappa shape index (κ1) is 21.2. The molecule has 0 aromatic rings. The number of carboxylic acids is 1. The van der Waals surface area contributed by atoms with Crippen molar-refractivity contribution in [2.45, 2.75) is 59.8 Å². The van der Waals surface area contributed by atoms with Crippen molar-refractivity contribution in [1.82, 2.24) is 5.32 Å². The van der Waals surface area contributed by atoms with Gasteiger partial charge in [-0.2, -0.15) is 0 Å². The van der Waals surface area contributed by atoms with Crippen LogP contribution in [0.3, 0.4) is 0 Å². The first-order valence-corrected chi connectivity index (χ1v) is 7.90. The zero-order valence-corrected chi connectivity index (χ0v) is 14.5. The van der Waals surface area contributed by atoms with E-state index in [0.29, 0.717) is 12.5 Å². The summed E-state index contributed by atoms with van der Waals surface area (Å²) in [5, 5.41) is 10.1. The molecular formula is C16H29NO6. The molecule has 0 atom stereocenters. The van der Waals surface area contributed by atoms with Gasteiger partial charge in [-0.25, -0.2) is 4.79 Å². The summed E-state index contributed by atoms with van der Waals surface area (Å²) in [5.74, 6) is -0.661. The molecular weight excluding hydrogens is 302 g/mol. The van der Waals surface area contributed by atoms with Gasteiger partial charge in [-0.1, -0.05) is 19.3 Å². The quantitative estimate of drug-likeness (QED) is 0.606. The van der Waals surface area contributed by atoms with Crippen LogP contribution < -0.4 is 5.32 Å². The summed E-state index contributed by atoms with van der Waals surface area (Å²) in [5.41, 5.74) is -0.581. The van der Waals surface area contributed by atoms with E-state index < -0.39 is 17.5 Å². The fourth-order valence-electron chi connectivity index (χ4n) is 2.02. The van der Waals surface area contributed by atoms with Crippen LogP contribution in [0.4, 0.5) is 4.79 Å². The van der Waals surface area contributed by atoms with Crippen LogP contribution in [-0.2, 0) is 19.1 Å². The second-order valence-electron chi connectivity index (χ2n) is 6.64. The van der Waals surface area contributed by atoms with Crippen LogP contribution in [-0.4, -0.2) is 36.5 Å². The number of carboxylic acid groups (broad SMARTS) is 1. The third-order valence-electron chi connectivity index (χ3n) is 3.25. The van der Waals surface area contributed by atoms with Gasteiger partial charge in [-0.3, -0.25) is 9.59 Å². The molecule has 1 fully saturated rings. The van der Waals surface area contributed by atoms with Crippen molar-refractivity contribution in [1.29, 1.82) is 0 Å². The van der Waals surface area contributed by atoms with Crippen molar-refractivity contribution in [3.63, 3.8) is 0 Å². The molecule has 7 heteroatoms. The highest BCUT2D eigenvalue weighted by molar-refractivity contribution is 5.75. The summed E-state index contributed by atoms with van der Waals surface area (Å²) in [6, 6.07) is 0. The van der Waals surface area contributed by atoms with Crippen LogP contribution in [0.5, 0.6) is 0 Å². The first-order valence-electron chi connectivity index (χ1n) is 7.90. The van der Waals surface area contributed by atoms with Crippen molar-refractivity contribution in [2.75, 3.05) is 13.3 Å². The Morgan fingerprint density at radius 2 is 1.61 bits per heavy atom. The van der Waals surface area contributed by atoms with Gasteiger partial charge < -0.3 is 19.9 Å². The van der Waals surface area contributed by atoms with Crippen molar-refractivity contribution < 1.29 is 29.0 Å². The highest BCUT2D eigenvalue weighted by atomic mass is 16.7. The highest BCUT2D eigenvalue weighted by Crippen LogP contribution is 2.22. The minimum Gasteiger partial charge on any atom is -0.481 e. The van der Waals surface area contributed by atoms with Crippen LogP contribution in [0.15, 0.2) is 0 Å². The van der Waals surface area contributed by atoms with Gasteiger partial charge in [0.1, 0.15) is 0 Å². The van der Waals surface area contributed by atoms with E-state index in [4.69, 9.17) is 19.4 Å². The van der Waals surface area contributed by atoms with Crippen LogP contribution >= 0.6 is 0 Å². The van der Waals surface area contributed by atoms with Crippen molar-refractivity contribution in [3.05, 3.63) is 0 Å². The third kappa shape index (κ3) is 12.4. The SMILES string of the molecule is CC(=O)O.CC(C)(C)C(=O)OCOC(=O)NCC1CCCCC1. The molecule has 0 heterocycles. The normalized spacial score (nSPS) is 15.0. The standard InChI is InChI=1S/C14H25NO4.C2H4O2/c1-14(2,3)12(16)18-10-19-13(17)15-9-11-7-5-4-6-8-11;1-2(3)4/h11H,4-10H2,1-3H3,(H,15,17);1H3,(H,3,4). The molecule has 0 saturated heterocycles. The zero-order chi connectivity index (χ0) is 17.9. The van der Waals surface area contributed by atoms with E-state index >= 15 is 0 Å². The Morgan fingerprint density at radius 1 is 1.09 bits per heavy atom. The molecule has 134 valence electrons. The number of hydrogen-bond donors (Lipinski definition) is 2. The lowest BCUT2D eigenvalue weighted by Crippen LogP contribution is -2.32. The number of alkyl carbamates (subject to hydrolysis) is 1. The average Bonchev–Trinajstić information content (AvgIpc) is 2.44. The number of esters is 1. The summed E-state index contributed by atoms with van der Waals surface area (Å²) in [6.07, 6.45) is 5.59.